The maximum Gasteiger partial charge on any atom is 0.257 e. The third kappa shape index (κ3) is 5.45. The van der Waals surface area contributed by atoms with E-state index in [-0.39, 0.29) is 24.3 Å². The molecular formula is C27H34N4O5. The Kier molecular flexibility index (Phi) is 8.07. The van der Waals surface area contributed by atoms with Crippen LogP contribution in [0.4, 0.5) is 0 Å². The predicted molar refractivity (Wildman–Crippen MR) is 134 cm³/mol. The summed E-state index contributed by atoms with van der Waals surface area (Å²) in [6.07, 6.45) is 5.05. The second kappa shape index (κ2) is 11.4. The first-order chi connectivity index (χ1) is 17.5. The van der Waals surface area contributed by atoms with Crippen molar-refractivity contribution in [3.05, 3.63) is 53.7 Å². The Morgan fingerprint density at radius 3 is 2.58 bits per heavy atom. The molecule has 5 rings (SSSR count). The first-order valence-corrected chi connectivity index (χ1v) is 12.5. The fourth-order valence-electron chi connectivity index (χ4n) is 5.12. The summed E-state index contributed by atoms with van der Waals surface area (Å²) in [5.41, 5.74) is 0.481. The van der Waals surface area contributed by atoms with Gasteiger partial charge in [0.15, 0.2) is 0 Å². The highest BCUT2D eigenvalue weighted by Crippen LogP contribution is 2.38. The van der Waals surface area contributed by atoms with Crippen LogP contribution in [0.3, 0.4) is 0 Å². The van der Waals surface area contributed by atoms with Crippen molar-refractivity contribution in [1.82, 2.24) is 20.1 Å². The number of para-hydroxylation sites is 1. The van der Waals surface area contributed by atoms with E-state index in [0.717, 1.165) is 12.8 Å². The molecule has 0 aliphatic carbocycles. The van der Waals surface area contributed by atoms with Gasteiger partial charge in [0.25, 0.3) is 11.8 Å². The van der Waals surface area contributed by atoms with Gasteiger partial charge in [-0.2, -0.15) is 0 Å². The van der Waals surface area contributed by atoms with E-state index in [2.05, 4.69) is 10.3 Å². The Bertz CT molecular complexity index is 1100. The Morgan fingerprint density at radius 1 is 1.06 bits per heavy atom. The van der Waals surface area contributed by atoms with Gasteiger partial charge in [-0.05, 0) is 43.9 Å². The number of benzene rings is 1. The number of nitrogens with zero attached hydrogens (tertiary/aromatic N) is 3. The molecule has 1 aromatic carbocycles. The molecule has 1 N–H and O–H groups in total. The van der Waals surface area contributed by atoms with Crippen molar-refractivity contribution in [2.75, 3.05) is 46.9 Å². The molecular weight excluding hydrogens is 460 g/mol. The number of hydrogen-bond donors (Lipinski definition) is 1. The van der Waals surface area contributed by atoms with Crippen LogP contribution >= 0.6 is 0 Å². The topological polar surface area (TPSA) is 101 Å². The van der Waals surface area contributed by atoms with Crippen LogP contribution in [0, 0.1) is 5.41 Å². The number of methoxy groups -OCH3 is 1. The lowest BCUT2D eigenvalue weighted by Gasteiger charge is -2.40. The number of nitrogens with one attached hydrogen (secondary N) is 1. The number of pyridine rings is 1. The number of piperidine rings is 1. The van der Waals surface area contributed by atoms with E-state index in [1.165, 1.54) is 7.11 Å². The SMILES string of the molecule is CNC(=O)C12CCCCN(C(=O)c3ccnc(OC)c3)CCOc3ccccc3C(=O)N(CC1)CC2. The van der Waals surface area contributed by atoms with Crippen molar-refractivity contribution >= 4 is 17.7 Å². The number of hydrogen-bond acceptors (Lipinski definition) is 6. The van der Waals surface area contributed by atoms with Crippen molar-refractivity contribution < 1.29 is 23.9 Å². The van der Waals surface area contributed by atoms with Gasteiger partial charge in [-0.1, -0.05) is 18.6 Å². The first-order valence-electron chi connectivity index (χ1n) is 12.5. The number of fused-ring (bicyclic) bond motifs is 9. The molecule has 9 nitrogen and oxygen atoms in total. The molecule has 3 aliphatic heterocycles. The van der Waals surface area contributed by atoms with Crippen molar-refractivity contribution in [2.45, 2.75) is 32.1 Å². The molecule has 0 spiro atoms. The zero-order valence-electron chi connectivity index (χ0n) is 21.0. The average molecular weight is 495 g/mol. The van der Waals surface area contributed by atoms with Crippen LogP contribution in [0.5, 0.6) is 11.6 Å². The molecule has 2 aromatic rings. The van der Waals surface area contributed by atoms with E-state index in [9.17, 15) is 14.4 Å². The summed E-state index contributed by atoms with van der Waals surface area (Å²) in [6, 6.07) is 10.5. The molecule has 3 amide bonds. The zero-order chi connectivity index (χ0) is 25.5. The highest BCUT2D eigenvalue weighted by atomic mass is 16.5. The van der Waals surface area contributed by atoms with Crippen molar-refractivity contribution in [3.8, 4) is 11.6 Å². The summed E-state index contributed by atoms with van der Waals surface area (Å²) in [5, 5.41) is 2.84. The fourth-order valence-corrected chi connectivity index (χ4v) is 5.12. The minimum absolute atomic E-state index is 0.0273. The average Bonchev–Trinajstić information content (AvgIpc) is 2.94. The molecule has 0 radical (unpaired) electrons. The Morgan fingerprint density at radius 2 is 1.83 bits per heavy atom. The van der Waals surface area contributed by atoms with Gasteiger partial charge >= 0.3 is 0 Å². The van der Waals surface area contributed by atoms with Gasteiger partial charge in [0, 0.05) is 44.5 Å². The molecule has 4 heterocycles. The minimum Gasteiger partial charge on any atom is -0.491 e. The predicted octanol–water partition coefficient (Wildman–Crippen LogP) is 2.76. The largest absolute Gasteiger partial charge is 0.491 e. The van der Waals surface area contributed by atoms with Gasteiger partial charge in [0.05, 0.1) is 24.6 Å². The number of aromatic nitrogens is 1. The maximum atomic E-state index is 13.4. The third-order valence-electron chi connectivity index (χ3n) is 7.26. The van der Waals surface area contributed by atoms with Crippen molar-refractivity contribution in [2.24, 2.45) is 5.41 Å². The second-order valence-electron chi connectivity index (χ2n) is 9.33. The number of amides is 3. The van der Waals surface area contributed by atoms with Crippen LogP contribution in [0.25, 0.3) is 0 Å². The molecule has 1 aromatic heterocycles. The van der Waals surface area contributed by atoms with Gasteiger partial charge in [-0.15, -0.1) is 0 Å². The lowest BCUT2D eigenvalue weighted by atomic mass is 9.73. The third-order valence-corrected chi connectivity index (χ3v) is 7.26. The molecule has 1 saturated heterocycles. The zero-order valence-corrected chi connectivity index (χ0v) is 21.0. The molecule has 192 valence electrons. The highest BCUT2D eigenvalue weighted by molar-refractivity contribution is 5.97. The summed E-state index contributed by atoms with van der Waals surface area (Å²) < 4.78 is 11.2. The molecule has 9 heteroatoms. The van der Waals surface area contributed by atoms with Crippen LogP contribution in [0.1, 0.15) is 52.8 Å². The van der Waals surface area contributed by atoms with Crippen LogP contribution in [-0.4, -0.2) is 79.4 Å². The van der Waals surface area contributed by atoms with E-state index >= 15 is 0 Å². The molecule has 2 bridgehead atoms. The summed E-state index contributed by atoms with van der Waals surface area (Å²) in [5.74, 6) is 0.669. The number of carbonyl (C=O) groups excluding carboxylic acids is 3. The second-order valence-corrected chi connectivity index (χ2v) is 9.33. The van der Waals surface area contributed by atoms with Crippen molar-refractivity contribution in [1.29, 1.82) is 0 Å². The molecule has 36 heavy (non-hydrogen) atoms. The van der Waals surface area contributed by atoms with E-state index in [4.69, 9.17) is 9.47 Å². The van der Waals surface area contributed by atoms with Gasteiger partial charge < -0.3 is 24.6 Å². The molecule has 0 saturated carbocycles. The van der Waals surface area contributed by atoms with E-state index in [0.29, 0.717) is 68.2 Å². The molecule has 1 fully saturated rings. The standard InChI is InChI=1S/C27H34N4O5/c1-28-26(34)27-10-5-6-14-30(24(32)20-9-13-29-23(19-20)35-2)17-18-36-22-8-4-3-7-21(22)25(33)31(15-11-27)16-12-27/h3-4,7-9,13,19H,5-6,10-12,14-18H2,1-2H3,(H,28,34). The lowest BCUT2D eigenvalue weighted by molar-refractivity contribution is -0.133. The van der Waals surface area contributed by atoms with Crippen LogP contribution in [-0.2, 0) is 4.79 Å². The summed E-state index contributed by atoms with van der Waals surface area (Å²) in [6.45, 7) is 2.18. The fraction of sp³-hybridized carbons (Fsp3) is 0.481. The smallest absolute Gasteiger partial charge is 0.257 e. The lowest BCUT2D eigenvalue weighted by Crippen LogP contribution is -2.49. The Hall–Kier alpha value is -3.62. The van der Waals surface area contributed by atoms with Gasteiger partial charge in [0.1, 0.15) is 12.4 Å². The van der Waals surface area contributed by atoms with Gasteiger partial charge in [-0.25, -0.2) is 4.98 Å². The van der Waals surface area contributed by atoms with Gasteiger partial charge in [-0.3, -0.25) is 14.4 Å². The van der Waals surface area contributed by atoms with E-state index < -0.39 is 5.41 Å². The number of carbonyl (C=O) groups is 3. The molecule has 0 atom stereocenters. The van der Waals surface area contributed by atoms with E-state index in [1.807, 2.05) is 17.0 Å². The number of ether oxygens (including phenoxy) is 2. The van der Waals surface area contributed by atoms with E-state index in [1.54, 1.807) is 42.4 Å². The van der Waals surface area contributed by atoms with Gasteiger partial charge in [0.2, 0.25) is 11.8 Å². The molecule has 0 unspecified atom stereocenters. The Balaban J connectivity index is 1.60. The van der Waals surface area contributed by atoms with Crippen LogP contribution in [0.15, 0.2) is 42.6 Å². The quantitative estimate of drug-likeness (QED) is 0.704. The van der Waals surface area contributed by atoms with Crippen LogP contribution in [0.2, 0.25) is 0 Å². The maximum absolute atomic E-state index is 13.4. The first kappa shape index (κ1) is 25.5. The van der Waals surface area contributed by atoms with Crippen molar-refractivity contribution in [3.63, 3.8) is 0 Å². The summed E-state index contributed by atoms with van der Waals surface area (Å²) >= 11 is 0. The highest BCUT2D eigenvalue weighted by Gasteiger charge is 2.41. The minimum atomic E-state index is -0.505. The summed E-state index contributed by atoms with van der Waals surface area (Å²) in [4.78, 5) is 47.3. The van der Waals surface area contributed by atoms with Crippen LogP contribution < -0.4 is 14.8 Å². The summed E-state index contributed by atoms with van der Waals surface area (Å²) in [7, 11) is 3.18. The normalized spacial score (nSPS) is 18.3. The monoisotopic (exact) mass is 494 g/mol. The Labute approximate surface area is 211 Å². The number of rotatable bonds is 3. The molecule has 3 aliphatic rings.